The third-order valence-corrected chi connectivity index (χ3v) is 3.35. The van der Waals surface area contributed by atoms with Crippen molar-refractivity contribution in [3.63, 3.8) is 0 Å². The van der Waals surface area contributed by atoms with Gasteiger partial charge in [-0.05, 0) is 30.0 Å². The molecule has 0 bridgehead atoms. The van der Waals surface area contributed by atoms with Gasteiger partial charge >= 0.3 is 0 Å². The Bertz CT molecular complexity index is 458. The molecule has 0 spiro atoms. The topological polar surface area (TPSA) is 47.6 Å². The van der Waals surface area contributed by atoms with Crippen LogP contribution >= 0.6 is 0 Å². The largest absolute Gasteiger partial charge is 0.454 e. The number of fused-ring (bicyclic) bond motifs is 1. The number of hydrogen-bond acceptors (Lipinski definition) is 3. The molecule has 1 aliphatic carbocycles. The molecule has 0 radical (unpaired) electrons. The number of ether oxygens (including phenoxy) is 2. The molecule has 4 nitrogen and oxygen atoms in total. The zero-order valence-electron chi connectivity index (χ0n) is 9.73. The van der Waals surface area contributed by atoms with E-state index in [9.17, 15) is 4.79 Å². The smallest absolute Gasteiger partial charge is 0.231 e. The summed E-state index contributed by atoms with van der Waals surface area (Å²) in [5.74, 6) is 2.47. The maximum atomic E-state index is 11.7. The Labute approximate surface area is 99.9 Å². The highest BCUT2D eigenvalue weighted by Crippen LogP contribution is 2.37. The monoisotopic (exact) mass is 233 g/mol. The second-order valence-corrected chi connectivity index (χ2v) is 4.72. The third-order valence-electron chi connectivity index (χ3n) is 3.35. The van der Waals surface area contributed by atoms with Gasteiger partial charge in [0.05, 0.1) is 0 Å². The molecular formula is C13H15NO3. The highest BCUT2D eigenvalue weighted by molar-refractivity contribution is 5.81. The highest BCUT2D eigenvalue weighted by atomic mass is 16.7. The van der Waals surface area contributed by atoms with Gasteiger partial charge in [0, 0.05) is 12.5 Å². The molecule has 1 aromatic rings. The van der Waals surface area contributed by atoms with E-state index in [-0.39, 0.29) is 18.6 Å². The van der Waals surface area contributed by atoms with Crippen molar-refractivity contribution in [3.05, 3.63) is 23.8 Å². The predicted molar refractivity (Wildman–Crippen MR) is 61.7 cm³/mol. The number of carbonyl (C=O) groups is 1. The van der Waals surface area contributed by atoms with E-state index in [4.69, 9.17) is 9.47 Å². The van der Waals surface area contributed by atoms with Crippen molar-refractivity contribution in [2.75, 3.05) is 6.79 Å². The van der Waals surface area contributed by atoms with E-state index in [0.29, 0.717) is 12.5 Å². The summed E-state index contributed by atoms with van der Waals surface area (Å²) in [5, 5.41) is 2.95. The van der Waals surface area contributed by atoms with Gasteiger partial charge in [-0.2, -0.15) is 0 Å². The average Bonchev–Trinajstić information content (AvgIpc) is 2.90. The molecule has 0 saturated heterocycles. The lowest BCUT2D eigenvalue weighted by Gasteiger charge is -2.05. The minimum absolute atomic E-state index is 0.162. The fourth-order valence-corrected chi connectivity index (χ4v) is 2.06. The van der Waals surface area contributed by atoms with Crippen molar-refractivity contribution >= 4 is 5.91 Å². The Morgan fingerprint density at radius 3 is 2.94 bits per heavy atom. The summed E-state index contributed by atoms with van der Waals surface area (Å²) >= 11 is 0. The lowest BCUT2D eigenvalue weighted by Crippen LogP contribution is -2.24. The van der Waals surface area contributed by atoms with Crippen LogP contribution in [0.5, 0.6) is 11.5 Å². The van der Waals surface area contributed by atoms with Crippen LogP contribution in [0.4, 0.5) is 0 Å². The Morgan fingerprint density at radius 2 is 2.18 bits per heavy atom. The maximum absolute atomic E-state index is 11.7. The SMILES string of the molecule is CC1CC1C(=O)NCc1ccc2c(c1)OCO2. The first-order valence-electron chi connectivity index (χ1n) is 5.90. The van der Waals surface area contributed by atoms with Crippen LogP contribution in [0.15, 0.2) is 18.2 Å². The molecule has 2 unspecified atom stereocenters. The first kappa shape index (κ1) is 10.4. The first-order chi connectivity index (χ1) is 8.24. The first-order valence-corrected chi connectivity index (χ1v) is 5.90. The molecule has 1 fully saturated rings. The van der Waals surface area contributed by atoms with Gasteiger partial charge in [0.25, 0.3) is 0 Å². The van der Waals surface area contributed by atoms with E-state index in [1.165, 1.54) is 0 Å². The Kier molecular flexibility index (Phi) is 2.42. The van der Waals surface area contributed by atoms with Crippen LogP contribution in [-0.2, 0) is 11.3 Å². The van der Waals surface area contributed by atoms with Gasteiger partial charge in [0.15, 0.2) is 11.5 Å². The predicted octanol–water partition coefficient (Wildman–Crippen LogP) is 1.69. The van der Waals surface area contributed by atoms with Crippen molar-refractivity contribution in [3.8, 4) is 11.5 Å². The summed E-state index contributed by atoms with van der Waals surface area (Å²) in [6, 6.07) is 5.74. The van der Waals surface area contributed by atoms with Crippen molar-refractivity contribution in [1.29, 1.82) is 0 Å². The highest BCUT2D eigenvalue weighted by Gasteiger charge is 2.38. The Balaban J connectivity index is 1.60. The van der Waals surface area contributed by atoms with E-state index in [2.05, 4.69) is 12.2 Å². The molecule has 1 aliphatic heterocycles. The second-order valence-electron chi connectivity index (χ2n) is 4.72. The second kappa shape index (κ2) is 3.95. The van der Waals surface area contributed by atoms with E-state index in [1.54, 1.807) is 0 Å². The molecule has 1 heterocycles. The molecule has 4 heteroatoms. The van der Waals surface area contributed by atoms with E-state index in [1.807, 2.05) is 18.2 Å². The van der Waals surface area contributed by atoms with Gasteiger partial charge in [-0.25, -0.2) is 0 Å². The molecule has 1 saturated carbocycles. The van der Waals surface area contributed by atoms with Gasteiger partial charge in [-0.1, -0.05) is 13.0 Å². The summed E-state index contributed by atoms with van der Waals surface area (Å²) in [5.41, 5.74) is 1.04. The van der Waals surface area contributed by atoms with Gasteiger partial charge < -0.3 is 14.8 Å². The average molecular weight is 233 g/mol. The lowest BCUT2D eigenvalue weighted by atomic mass is 10.2. The number of amides is 1. The van der Waals surface area contributed by atoms with Crippen LogP contribution in [0, 0.1) is 11.8 Å². The van der Waals surface area contributed by atoms with Crippen molar-refractivity contribution < 1.29 is 14.3 Å². The molecular weight excluding hydrogens is 218 g/mol. The Morgan fingerprint density at radius 1 is 1.41 bits per heavy atom. The van der Waals surface area contributed by atoms with Gasteiger partial charge in [0.2, 0.25) is 12.7 Å². The van der Waals surface area contributed by atoms with Gasteiger partial charge in [0.1, 0.15) is 0 Å². The van der Waals surface area contributed by atoms with Gasteiger partial charge in [-0.3, -0.25) is 4.79 Å². The van der Waals surface area contributed by atoms with Crippen LogP contribution in [-0.4, -0.2) is 12.7 Å². The van der Waals surface area contributed by atoms with Crippen LogP contribution in [0.3, 0.4) is 0 Å². The fraction of sp³-hybridized carbons (Fsp3) is 0.462. The number of rotatable bonds is 3. The van der Waals surface area contributed by atoms with Crippen LogP contribution in [0.25, 0.3) is 0 Å². The minimum Gasteiger partial charge on any atom is -0.454 e. The zero-order chi connectivity index (χ0) is 11.8. The van der Waals surface area contributed by atoms with Crippen molar-refractivity contribution in [2.45, 2.75) is 19.9 Å². The summed E-state index contributed by atoms with van der Waals surface area (Å²) in [7, 11) is 0. The summed E-state index contributed by atoms with van der Waals surface area (Å²) in [4.78, 5) is 11.7. The number of carbonyl (C=O) groups excluding carboxylic acids is 1. The lowest BCUT2D eigenvalue weighted by molar-refractivity contribution is -0.122. The molecule has 1 aromatic carbocycles. The summed E-state index contributed by atoms with van der Waals surface area (Å²) in [6.45, 7) is 2.94. The number of hydrogen-bond donors (Lipinski definition) is 1. The Hall–Kier alpha value is -1.71. The fourth-order valence-electron chi connectivity index (χ4n) is 2.06. The molecule has 17 heavy (non-hydrogen) atoms. The van der Waals surface area contributed by atoms with Gasteiger partial charge in [-0.15, -0.1) is 0 Å². The number of benzene rings is 1. The van der Waals surface area contributed by atoms with E-state index in [0.717, 1.165) is 23.5 Å². The summed E-state index contributed by atoms with van der Waals surface area (Å²) in [6.07, 6.45) is 1.02. The van der Waals surface area contributed by atoms with Crippen LogP contribution < -0.4 is 14.8 Å². The normalized spacial score (nSPS) is 24.5. The molecule has 0 aromatic heterocycles. The molecule has 1 amide bonds. The minimum atomic E-state index is 0.162. The van der Waals surface area contributed by atoms with Crippen molar-refractivity contribution in [1.82, 2.24) is 5.32 Å². The van der Waals surface area contributed by atoms with E-state index < -0.39 is 0 Å². The van der Waals surface area contributed by atoms with E-state index >= 15 is 0 Å². The molecule has 2 aliphatic rings. The van der Waals surface area contributed by atoms with Crippen LogP contribution in [0.1, 0.15) is 18.9 Å². The van der Waals surface area contributed by atoms with Crippen LogP contribution in [0.2, 0.25) is 0 Å². The zero-order valence-corrected chi connectivity index (χ0v) is 9.73. The summed E-state index contributed by atoms with van der Waals surface area (Å²) < 4.78 is 10.5. The molecule has 90 valence electrons. The molecule has 3 rings (SSSR count). The van der Waals surface area contributed by atoms with Crippen molar-refractivity contribution in [2.24, 2.45) is 11.8 Å². The molecule has 1 N–H and O–H groups in total. The molecule has 2 atom stereocenters. The standard InChI is InChI=1S/C13H15NO3/c1-8-4-10(8)13(15)14-6-9-2-3-11-12(5-9)17-7-16-11/h2-3,5,8,10H,4,6-7H2,1H3,(H,14,15). The third kappa shape index (κ3) is 2.07. The maximum Gasteiger partial charge on any atom is 0.231 e. The number of nitrogens with one attached hydrogen (secondary N) is 1. The quantitative estimate of drug-likeness (QED) is 0.864.